The van der Waals surface area contributed by atoms with E-state index in [0.717, 1.165) is 18.8 Å². The molecule has 1 rings (SSSR count). The van der Waals surface area contributed by atoms with E-state index in [4.69, 9.17) is 0 Å². The van der Waals surface area contributed by atoms with Crippen molar-refractivity contribution in [1.82, 2.24) is 0 Å². The number of carbonyl (C=O) groups excluding carboxylic acids is 1. The van der Waals surface area contributed by atoms with Crippen molar-refractivity contribution >= 4 is 14.4 Å². The minimum absolute atomic E-state index is 0.248. The van der Waals surface area contributed by atoms with Gasteiger partial charge in [0.15, 0.2) is 0 Å². The largest absolute Gasteiger partial charge is 0.303 e. The molecule has 0 N–H and O–H groups in total. The predicted octanol–water partition coefficient (Wildman–Crippen LogP) is 4.09. The van der Waals surface area contributed by atoms with E-state index in [0.29, 0.717) is 6.42 Å². The van der Waals surface area contributed by atoms with E-state index >= 15 is 0 Å². The highest BCUT2D eigenvalue weighted by Gasteiger charge is 2.11. The maximum atomic E-state index is 10.7. The van der Waals surface area contributed by atoms with Crippen molar-refractivity contribution < 1.29 is 4.79 Å². The zero-order valence-corrected chi connectivity index (χ0v) is 12.6. The van der Waals surface area contributed by atoms with Crippen molar-refractivity contribution in [3.63, 3.8) is 0 Å². The van der Waals surface area contributed by atoms with Crippen molar-refractivity contribution in [2.24, 2.45) is 0 Å². The van der Waals surface area contributed by atoms with Crippen molar-refractivity contribution in [2.75, 3.05) is 0 Å². The van der Waals surface area contributed by atoms with Crippen LogP contribution < -0.4 is 0 Å². The standard InChI is InChI=1S/C16H22OSi/c1-18(2,3)14-8-7-11-16(12-13-17)15-9-5-4-6-10-15/h4-6,9-10,13,16H,11-12,14H2,1-3H3/t16-/m0/s1. The first-order valence-electron chi connectivity index (χ1n) is 6.47. The number of rotatable bonds is 5. The normalized spacial score (nSPS) is 12.4. The molecule has 96 valence electrons. The Balaban J connectivity index is 2.62. The second kappa shape index (κ2) is 7.18. The van der Waals surface area contributed by atoms with Gasteiger partial charge in [0, 0.05) is 24.8 Å². The van der Waals surface area contributed by atoms with Crippen LogP contribution in [0.4, 0.5) is 0 Å². The lowest BCUT2D eigenvalue weighted by Crippen LogP contribution is -2.17. The van der Waals surface area contributed by atoms with E-state index in [1.165, 1.54) is 5.56 Å². The predicted molar refractivity (Wildman–Crippen MR) is 80.4 cm³/mol. The Morgan fingerprint density at radius 1 is 1.17 bits per heavy atom. The van der Waals surface area contributed by atoms with Crippen LogP contribution in [0, 0.1) is 11.8 Å². The molecule has 1 atom stereocenters. The Hall–Kier alpha value is -1.33. The van der Waals surface area contributed by atoms with E-state index in [1.54, 1.807) is 0 Å². The van der Waals surface area contributed by atoms with Crippen LogP contribution in [0.15, 0.2) is 30.3 Å². The Morgan fingerprint density at radius 2 is 1.83 bits per heavy atom. The smallest absolute Gasteiger partial charge is 0.120 e. The summed E-state index contributed by atoms with van der Waals surface area (Å²) in [5.41, 5.74) is 1.21. The van der Waals surface area contributed by atoms with Gasteiger partial charge in [0.1, 0.15) is 6.29 Å². The minimum Gasteiger partial charge on any atom is -0.303 e. The molecule has 0 aliphatic rings. The molecule has 0 aliphatic heterocycles. The third-order valence-electron chi connectivity index (χ3n) is 2.74. The Kier molecular flexibility index (Phi) is 5.87. The highest BCUT2D eigenvalue weighted by atomic mass is 28.3. The summed E-state index contributed by atoms with van der Waals surface area (Å²) in [7, 11) is -1.07. The van der Waals surface area contributed by atoms with Gasteiger partial charge in [-0.25, -0.2) is 0 Å². The van der Waals surface area contributed by atoms with Crippen LogP contribution in [0.1, 0.15) is 24.3 Å². The Morgan fingerprint density at radius 3 is 2.39 bits per heavy atom. The molecule has 0 aromatic heterocycles. The topological polar surface area (TPSA) is 17.1 Å². The number of aldehydes is 1. The van der Waals surface area contributed by atoms with Crippen LogP contribution in [-0.4, -0.2) is 14.4 Å². The van der Waals surface area contributed by atoms with Gasteiger partial charge in [0.05, 0.1) is 8.07 Å². The van der Waals surface area contributed by atoms with Gasteiger partial charge in [-0.2, -0.15) is 0 Å². The molecule has 0 saturated carbocycles. The van der Waals surface area contributed by atoms with E-state index in [1.807, 2.05) is 18.2 Å². The molecule has 2 heteroatoms. The van der Waals surface area contributed by atoms with E-state index in [2.05, 4.69) is 43.6 Å². The Labute approximate surface area is 112 Å². The summed E-state index contributed by atoms with van der Waals surface area (Å²) in [5.74, 6) is 6.78. The summed E-state index contributed by atoms with van der Waals surface area (Å²) in [6, 6.07) is 11.2. The zero-order valence-electron chi connectivity index (χ0n) is 11.6. The van der Waals surface area contributed by atoms with Gasteiger partial charge in [0.25, 0.3) is 0 Å². The second-order valence-electron chi connectivity index (χ2n) is 5.81. The third kappa shape index (κ3) is 5.84. The summed E-state index contributed by atoms with van der Waals surface area (Å²) in [4.78, 5) is 10.7. The first-order valence-corrected chi connectivity index (χ1v) is 10.2. The van der Waals surface area contributed by atoms with Crippen LogP contribution in [0.5, 0.6) is 0 Å². The lowest BCUT2D eigenvalue weighted by molar-refractivity contribution is -0.108. The fourth-order valence-electron chi connectivity index (χ4n) is 1.70. The number of hydrogen-bond acceptors (Lipinski definition) is 1. The van der Waals surface area contributed by atoms with Gasteiger partial charge in [-0.15, -0.1) is 11.8 Å². The lowest BCUT2D eigenvalue weighted by atomic mass is 9.93. The van der Waals surface area contributed by atoms with Crippen molar-refractivity contribution in [3.8, 4) is 11.8 Å². The highest BCUT2D eigenvalue weighted by Crippen LogP contribution is 2.21. The van der Waals surface area contributed by atoms with Crippen LogP contribution >= 0.6 is 0 Å². The summed E-state index contributed by atoms with van der Waals surface area (Å²) in [6.45, 7) is 6.96. The van der Waals surface area contributed by atoms with Crippen molar-refractivity contribution in [1.29, 1.82) is 0 Å². The van der Waals surface area contributed by atoms with E-state index in [9.17, 15) is 4.79 Å². The lowest BCUT2D eigenvalue weighted by Gasteiger charge is -2.12. The quantitative estimate of drug-likeness (QED) is 0.441. The monoisotopic (exact) mass is 258 g/mol. The maximum Gasteiger partial charge on any atom is 0.120 e. The van der Waals surface area contributed by atoms with Crippen LogP contribution in [0.3, 0.4) is 0 Å². The summed E-state index contributed by atoms with van der Waals surface area (Å²) in [6.07, 6.45) is 2.34. The molecule has 0 amide bonds. The minimum atomic E-state index is -1.07. The Bertz CT molecular complexity index is 420. The zero-order chi connectivity index (χ0) is 13.4. The average molecular weight is 258 g/mol. The molecule has 0 heterocycles. The van der Waals surface area contributed by atoms with Gasteiger partial charge in [-0.1, -0.05) is 50.0 Å². The molecular weight excluding hydrogens is 236 g/mol. The van der Waals surface area contributed by atoms with E-state index < -0.39 is 8.07 Å². The molecule has 1 aromatic rings. The molecule has 0 aliphatic carbocycles. The second-order valence-corrected chi connectivity index (χ2v) is 11.3. The van der Waals surface area contributed by atoms with Gasteiger partial charge in [-0.05, 0) is 5.56 Å². The molecule has 1 nitrogen and oxygen atoms in total. The van der Waals surface area contributed by atoms with Crippen LogP contribution in [0.2, 0.25) is 25.7 Å². The molecule has 0 spiro atoms. The molecular formula is C16H22OSi. The third-order valence-corrected chi connectivity index (χ3v) is 3.98. The first-order chi connectivity index (χ1) is 8.53. The van der Waals surface area contributed by atoms with Gasteiger partial charge in [0.2, 0.25) is 0 Å². The van der Waals surface area contributed by atoms with Gasteiger partial charge < -0.3 is 4.79 Å². The molecule has 18 heavy (non-hydrogen) atoms. The van der Waals surface area contributed by atoms with E-state index in [-0.39, 0.29) is 5.92 Å². The van der Waals surface area contributed by atoms with Crippen molar-refractivity contribution in [2.45, 2.75) is 44.4 Å². The highest BCUT2D eigenvalue weighted by molar-refractivity contribution is 6.76. The summed E-state index contributed by atoms with van der Waals surface area (Å²) in [5, 5.41) is 0. The molecule has 1 aromatic carbocycles. The molecule has 0 unspecified atom stereocenters. The average Bonchev–Trinajstić information content (AvgIpc) is 2.33. The maximum absolute atomic E-state index is 10.7. The fourth-order valence-corrected chi connectivity index (χ4v) is 2.36. The molecule has 0 saturated heterocycles. The SMILES string of the molecule is C[Si](C)(C)CC#CC[C@@H](CC=O)c1ccccc1. The first kappa shape index (κ1) is 14.7. The van der Waals surface area contributed by atoms with Crippen LogP contribution in [-0.2, 0) is 4.79 Å². The van der Waals surface area contributed by atoms with Gasteiger partial charge >= 0.3 is 0 Å². The number of hydrogen-bond donors (Lipinski definition) is 0. The molecule has 0 radical (unpaired) electrons. The fraction of sp³-hybridized carbons (Fsp3) is 0.438. The summed E-state index contributed by atoms with van der Waals surface area (Å²) >= 11 is 0. The van der Waals surface area contributed by atoms with Crippen molar-refractivity contribution in [3.05, 3.63) is 35.9 Å². The molecule has 0 fully saturated rings. The summed E-state index contributed by atoms with van der Waals surface area (Å²) < 4.78 is 0. The number of carbonyl (C=O) groups is 1. The molecule has 0 bridgehead atoms. The van der Waals surface area contributed by atoms with Crippen LogP contribution in [0.25, 0.3) is 0 Å². The van der Waals surface area contributed by atoms with Gasteiger partial charge in [-0.3, -0.25) is 0 Å². The number of benzene rings is 1.